The standard InChI is InChI=1S/C20H23NO5/c1-3-25-19(23)16(20(24)26-4-2)11-10-14-12-13-21-17(14)18(22)15-8-6-5-7-9-15/h5-9,12-13,16,21H,3-4,10-11H2,1-2H3. The van der Waals surface area contributed by atoms with E-state index in [0.717, 1.165) is 5.56 Å². The molecule has 138 valence electrons. The lowest BCUT2D eigenvalue weighted by Crippen LogP contribution is -2.28. The summed E-state index contributed by atoms with van der Waals surface area (Å²) in [4.78, 5) is 39.7. The number of hydrogen-bond acceptors (Lipinski definition) is 5. The second-order valence-corrected chi connectivity index (χ2v) is 5.67. The molecule has 26 heavy (non-hydrogen) atoms. The molecule has 0 aliphatic heterocycles. The minimum atomic E-state index is -0.996. The molecular formula is C20H23NO5. The summed E-state index contributed by atoms with van der Waals surface area (Å²) in [5.41, 5.74) is 1.78. The van der Waals surface area contributed by atoms with Crippen LogP contribution in [0.25, 0.3) is 0 Å². The SMILES string of the molecule is CCOC(=O)C(CCc1cc[nH]c1C(=O)c1ccccc1)C(=O)OCC. The van der Waals surface area contributed by atoms with Crippen molar-refractivity contribution in [3.63, 3.8) is 0 Å². The van der Waals surface area contributed by atoms with Crippen LogP contribution in [-0.2, 0) is 25.5 Å². The fourth-order valence-electron chi connectivity index (χ4n) is 2.67. The van der Waals surface area contributed by atoms with Crippen LogP contribution in [0.3, 0.4) is 0 Å². The van der Waals surface area contributed by atoms with Crippen LogP contribution in [0.2, 0.25) is 0 Å². The first-order valence-electron chi connectivity index (χ1n) is 8.67. The number of carbonyl (C=O) groups is 3. The molecule has 1 heterocycles. The van der Waals surface area contributed by atoms with E-state index in [9.17, 15) is 14.4 Å². The number of carbonyl (C=O) groups excluding carboxylic acids is 3. The minimum absolute atomic E-state index is 0.130. The Bertz CT molecular complexity index is 733. The maximum absolute atomic E-state index is 12.6. The van der Waals surface area contributed by atoms with E-state index in [1.807, 2.05) is 6.07 Å². The van der Waals surface area contributed by atoms with E-state index in [0.29, 0.717) is 17.7 Å². The van der Waals surface area contributed by atoms with E-state index in [1.54, 1.807) is 50.4 Å². The Morgan fingerprint density at radius 2 is 1.58 bits per heavy atom. The molecule has 2 aromatic rings. The lowest BCUT2D eigenvalue weighted by atomic mass is 9.97. The molecule has 0 radical (unpaired) electrons. The Morgan fingerprint density at radius 1 is 0.962 bits per heavy atom. The number of esters is 2. The monoisotopic (exact) mass is 357 g/mol. The van der Waals surface area contributed by atoms with Crippen molar-refractivity contribution in [2.45, 2.75) is 26.7 Å². The zero-order valence-corrected chi connectivity index (χ0v) is 15.0. The molecule has 0 fully saturated rings. The van der Waals surface area contributed by atoms with E-state index >= 15 is 0 Å². The molecule has 0 aliphatic carbocycles. The summed E-state index contributed by atoms with van der Waals surface area (Å²) < 4.78 is 9.95. The maximum atomic E-state index is 12.6. The first-order valence-corrected chi connectivity index (χ1v) is 8.67. The molecule has 1 aromatic carbocycles. The van der Waals surface area contributed by atoms with Gasteiger partial charge in [0.15, 0.2) is 5.92 Å². The van der Waals surface area contributed by atoms with Crippen molar-refractivity contribution < 1.29 is 23.9 Å². The highest BCUT2D eigenvalue weighted by Crippen LogP contribution is 2.19. The fourth-order valence-corrected chi connectivity index (χ4v) is 2.67. The van der Waals surface area contributed by atoms with Crippen LogP contribution in [0.4, 0.5) is 0 Å². The van der Waals surface area contributed by atoms with Crippen LogP contribution in [0.15, 0.2) is 42.6 Å². The van der Waals surface area contributed by atoms with Gasteiger partial charge >= 0.3 is 11.9 Å². The highest BCUT2D eigenvalue weighted by Gasteiger charge is 2.29. The molecule has 0 spiro atoms. The second-order valence-electron chi connectivity index (χ2n) is 5.67. The molecule has 0 aliphatic rings. The van der Waals surface area contributed by atoms with Crippen LogP contribution in [0.5, 0.6) is 0 Å². The Kier molecular flexibility index (Phi) is 7.14. The minimum Gasteiger partial charge on any atom is -0.465 e. The molecule has 0 saturated carbocycles. The van der Waals surface area contributed by atoms with Crippen molar-refractivity contribution in [2.24, 2.45) is 5.92 Å². The third-order valence-electron chi connectivity index (χ3n) is 3.94. The number of rotatable bonds is 9. The summed E-state index contributed by atoms with van der Waals surface area (Å²) in [5, 5.41) is 0. The first kappa shape index (κ1) is 19.4. The third-order valence-corrected chi connectivity index (χ3v) is 3.94. The van der Waals surface area contributed by atoms with Gasteiger partial charge in [-0.1, -0.05) is 30.3 Å². The Balaban J connectivity index is 2.12. The van der Waals surface area contributed by atoms with Crippen LogP contribution < -0.4 is 0 Å². The molecule has 0 unspecified atom stereocenters. The van der Waals surface area contributed by atoms with Gasteiger partial charge in [-0.2, -0.15) is 0 Å². The van der Waals surface area contributed by atoms with Crippen molar-refractivity contribution >= 4 is 17.7 Å². The van der Waals surface area contributed by atoms with Gasteiger partial charge in [0.1, 0.15) is 0 Å². The van der Waals surface area contributed by atoms with Gasteiger partial charge in [-0.3, -0.25) is 14.4 Å². The van der Waals surface area contributed by atoms with Gasteiger partial charge in [-0.05, 0) is 38.3 Å². The molecule has 0 atom stereocenters. The van der Waals surface area contributed by atoms with E-state index in [4.69, 9.17) is 9.47 Å². The number of nitrogens with one attached hydrogen (secondary N) is 1. The van der Waals surface area contributed by atoms with Crippen molar-refractivity contribution in [3.8, 4) is 0 Å². The van der Waals surface area contributed by atoms with E-state index in [1.165, 1.54) is 0 Å². The Morgan fingerprint density at radius 3 is 2.15 bits per heavy atom. The molecule has 1 N–H and O–H groups in total. The summed E-state index contributed by atoms with van der Waals surface area (Å²) in [7, 11) is 0. The third kappa shape index (κ3) is 4.81. The van der Waals surface area contributed by atoms with Gasteiger partial charge in [0.05, 0.1) is 18.9 Å². The van der Waals surface area contributed by atoms with Crippen LogP contribution >= 0.6 is 0 Å². The molecule has 6 heteroatoms. The van der Waals surface area contributed by atoms with Crippen molar-refractivity contribution in [1.29, 1.82) is 0 Å². The normalized spacial score (nSPS) is 10.6. The summed E-state index contributed by atoms with van der Waals surface area (Å²) in [6.07, 6.45) is 2.26. The van der Waals surface area contributed by atoms with Crippen molar-refractivity contribution in [1.82, 2.24) is 4.98 Å². The lowest BCUT2D eigenvalue weighted by Gasteiger charge is -2.14. The summed E-state index contributed by atoms with van der Waals surface area (Å²) in [6, 6.07) is 10.7. The van der Waals surface area contributed by atoms with Gasteiger partial charge in [-0.15, -0.1) is 0 Å². The largest absolute Gasteiger partial charge is 0.465 e. The van der Waals surface area contributed by atoms with Crippen LogP contribution in [-0.4, -0.2) is 35.9 Å². The summed E-state index contributed by atoms with van der Waals surface area (Å²) in [6.45, 7) is 3.75. The number of H-pyrrole nitrogens is 1. The number of aromatic amines is 1. The average Bonchev–Trinajstić information content (AvgIpc) is 3.11. The van der Waals surface area contributed by atoms with Crippen LogP contribution in [0, 0.1) is 5.92 Å². The number of ketones is 1. The summed E-state index contributed by atoms with van der Waals surface area (Å²) in [5.74, 6) is -2.33. The first-order chi connectivity index (χ1) is 12.6. The van der Waals surface area contributed by atoms with Crippen LogP contribution in [0.1, 0.15) is 41.9 Å². The molecule has 2 rings (SSSR count). The fraction of sp³-hybridized carbons (Fsp3) is 0.350. The number of ether oxygens (including phenoxy) is 2. The zero-order chi connectivity index (χ0) is 18.9. The Labute approximate surface area is 152 Å². The van der Waals surface area contributed by atoms with Gasteiger partial charge in [0.25, 0.3) is 0 Å². The highest BCUT2D eigenvalue weighted by molar-refractivity contribution is 6.08. The molecular weight excluding hydrogens is 334 g/mol. The van der Waals surface area contributed by atoms with Gasteiger partial charge in [0.2, 0.25) is 5.78 Å². The highest BCUT2D eigenvalue weighted by atomic mass is 16.6. The number of benzene rings is 1. The van der Waals surface area contributed by atoms with Gasteiger partial charge in [0, 0.05) is 11.8 Å². The predicted octanol–water partition coefficient (Wildman–Crippen LogP) is 2.92. The van der Waals surface area contributed by atoms with Gasteiger partial charge < -0.3 is 14.5 Å². The maximum Gasteiger partial charge on any atom is 0.320 e. The predicted molar refractivity (Wildman–Crippen MR) is 95.7 cm³/mol. The van der Waals surface area contributed by atoms with E-state index < -0.39 is 17.9 Å². The Hall–Kier alpha value is -2.89. The topological polar surface area (TPSA) is 85.5 Å². The summed E-state index contributed by atoms with van der Waals surface area (Å²) >= 11 is 0. The van der Waals surface area contributed by atoms with Crippen molar-refractivity contribution in [2.75, 3.05) is 13.2 Å². The van der Waals surface area contributed by atoms with E-state index in [-0.39, 0.29) is 25.4 Å². The number of hydrogen-bond donors (Lipinski definition) is 1. The van der Waals surface area contributed by atoms with Crippen molar-refractivity contribution in [3.05, 3.63) is 59.4 Å². The zero-order valence-electron chi connectivity index (χ0n) is 15.0. The lowest BCUT2D eigenvalue weighted by molar-refractivity contribution is -0.161. The second kappa shape index (κ2) is 9.56. The molecule has 0 amide bonds. The molecule has 6 nitrogen and oxygen atoms in total. The molecule has 1 aromatic heterocycles. The molecule has 0 bridgehead atoms. The number of aromatic nitrogens is 1. The quantitative estimate of drug-likeness (QED) is 0.424. The average molecular weight is 357 g/mol. The molecule has 0 saturated heterocycles. The van der Waals surface area contributed by atoms with E-state index in [2.05, 4.69) is 4.98 Å². The van der Waals surface area contributed by atoms with Gasteiger partial charge in [-0.25, -0.2) is 0 Å². The smallest absolute Gasteiger partial charge is 0.320 e. The number of aryl methyl sites for hydroxylation is 1.